The average molecular weight is 344 g/mol. The molecular weight excluding hydrogens is 329 g/mol. The molecule has 3 N–H and O–H groups in total. The van der Waals surface area contributed by atoms with Crippen LogP contribution in [0.15, 0.2) is 48.5 Å². The van der Waals surface area contributed by atoms with Crippen LogP contribution in [0.4, 0.5) is 18.9 Å². The van der Waals surface area contributed by atoms with Crippen molar-refractivity contribution in [3.8, 4) is 11.1 Å². The van der Waals surface area contributed by atoms with E-state index < -0.39 is 22.2 Å². The highest BCUT2D eigenvalue weighted by Gasteiger charge is 2.37. The van der Waals surface area contributed by atoms with Gasteiger partial charge in [-0.2, -0.15) is 13.2 Å². The highest BCUT2D eigenvalue weighted by atomic mass is 32.2. The van der Waals surface area contributed by atoms with Crippen LogP contribution in [-0.2, 0) is 10.0 Å². The van der Waals surface area contributed by atoms with Crippen LogP contribution in [-0.4, -0.2) is 20.8 Å². The largest absolute Gasteiger partial charge is 0.407 e. The second-order valence-electron chi connectivity index (χ2n) is 5.09. The van der Waals surface area contributed by atoms with E-state index in [1.807, 2.05) is 0 Å². The SMILES string of the molecule is CS(=O)(=O)Nc1ccc(-c2ccc([C@H](N)C(F)(F)F)cc2)cc1. The molecule has 2 aromatic carbocycles. The number of alkyl halides is 3. The molecule has 0 saturated carbocycles. The van der Waals surface area contributed by atoms with Gasteiger partial charge >= 0.3 is 6.18 Å². The zero-order chi connectivity index (χ0) is 17.3. The third-order valence-electron chi connectivity index (χ3n) is 3.14. The van der Waals surface area contributed by atoms with Gasteiger partial charge in [-0.1, -0.05) is 36.4 Å². The van der Waals surface area contributed by atoms with E-state index in [0.717, 1.165) is 11.8 Å². The Kier molecular flexibility index (Phi) is 4.67. The van der Waals surface area contributed by atoms with Gasteiger partial charge in [0.05, 0.1) is 6.26 Å². The molecule has 0 aromatic heterocycles. The van der Waals surface area contributed by atoms with E-state index in [0.29, 0.717) is 11.3 Å². The van der Waals surface area contributed by atoms with Gasteiger partial charge in [-0.25, -0.2) is 8.42 Å². The normalized spacial score (nSPS) is 13.6. The Morgan fingerprint density at radius 1 is 0.957 bits per heavy atom. The molecule has 0 aliphatic carbocycles. The fraction of sp³-hybridized carbons (Fsp3) is 0.200. The van der Waals surface area contributed by atoms with Crippen LogP contribution in [0.2, 0.25) is 0 Å². The van der Waals surface area contributed by atoms with Crippen molar-refractivity contribution >= 4 is 15.7 Å². The number of nitrogens with two attached hydrogens (primary N) is 1. The van der Waals surface area contributed by atoms with Crippen molar-refractivity contribution < 1.29 is 21.6 Å². The third-order valence-corrected chi connectivity index (χ3v) is 3.75. The molecule has 0 radical (unpaired) electrons. The highest BCUT2D eigenvalue weighted by molar-refractivity contribution is 7.92. The molecule has 0 aliphatic heterocycles. The molecule has 0 bridgehead atoms. The minimum absolute atomic E-state index is 0.0170. The summed E-state index contributed by atoms with van der Waals surface area (Å²) in [6.07, 6.45) is -3.44. The molecule has 124 valence electrons. The van der Waals surface area contributed by atoms with Crippen LogP contribution in [0.1, 0.15) is 11.6 Å². The first-order valence-corrected chi connectivity index (χ1v) is 8.46. The predicted molar refractivity (Wildman–Crippen MR) is 83.3 cm³/mol. The fourth-order valence-corrected chi connectivity index (χ4v) is 2.58. The highest BCUT2D eigenvalue weighted by Crippen LogP contribution is 2.31. The number of hydrogen-bond donors (Lipinski definition) is 2. The molecule has 0 aliphatic rings. The maximum atomic E-state index is 12.6. The van der Waals surface area contributed by atoms with Crippen molar-refractivity contribution in [3.05, 3.63) is 54.1 Å². The van der Waals surface area contributed by atoms with Crippen LogP contribution < -0.4 is 10.5 Å². The molecule has 0 saturated heterocycles. The lowest BCUT2D eigenvalue weighted by molar-refractivity contribution is -0.149. The van der Waals surface area contributed by atoms with Gasteiger partial charge < -0.3 is 5.73 Å². The lowest BCUT2D eigenvalue weighted by Crippen LogP contribution is -2.28. The molecule has 1 atom stereocenters. The van der Waals surface area contributed by atoms with Gasteiger partial charge in [0, 0.05) is 5.69 Å². The lowest BCUT2D eigenvalue weighted by Gasteiger charge is -2.16. The first kappa shape index (κ1) is 17.3. The molecule has 8 heteroatoms. The van der Waals surface area contributed by atoms with Gasteiger partial charge in [-0.15, -0.1) is 0 Å². The molecule has 2 aromatic rings. The summed E-state index contributed by atoms with van der Waals surface area (Å²) in [7, 11) is -3.35. The first-order chi connectivity index (χ1) is 10.6. The Balaban J connectivity index is 2.20. The smallest absolute Gasteiger partial charge is 0.316 e. The zero-order valence-corrected chi connectivity index (χ0v) is 12.9. The minimum atomic E-state index is -4.49. The number of halogens is 3. The minimum Gasteiger partial charge on any atom is -0.316 e. The first-order valence-electron chi connectivity index (χ1n) is 6.57. The van der Waals surface area contributed by atoms with Crippen LogP contribution in [0.3, 0.4) is 0 Å². The van der Waals surface area contributed by atoms with Gasteiger partial charge in [0.25, 0.3) is 0 Å². The molecule has 0 amide bonds. The maximum absolute atomic E-state index is 12.6. The summed E-state index contributed by atoms with van der Waals surface area (Å²) in [6, 6.07) is 10.2. The zero-order valence-electron chi connectivity index (χ0n) is 12.1. The molecule has 23 heavy (non-hydrogen) atoms. The number of hydrogen-bond acceptors (Lipinski definition) is 3. The summed E-state index contributed by atoms with van der Waals surface area (Å²) in [5.41, 5.74) is 6.99. The van der Waals surface area contributed by atoms with Crippen molar-refractivity contribution in [2.45, 2.75) is 12.2 Å². The van der Waals surface area contributed by atoms with Crippen LogP contribution >= 0.6 is 0 Å². The van der Waals surface area contributed by atoms with E-state index in [2.05, 4.69) is 4.72 Å². The van der Waals surface area contributed by atoms with E-state index in [-0.39, 0.29) is 5.56 Å². The van der Waals surface area contributed by atoms with Crippen molar-refractivity contribution in [2.75, 3.05) is 11.0 Å². The Hall–Kier alpha value is -2.06. The van der Waals surface area contributed by atoms with Gasteiger partial charge in [0.15, 0.2) is 0 Å². The second kappa shape index (κ2) is 6.21. The van der Waals surface area contributed by atoms with E-state index in [9.17, 15) is 21.6 Å². The fourth-order valence-electron chi connectivity index (χ4n) is 2.02. The summed E-state index contributed by atoms with van der Waals surface area (Å²) >= 11 is 0. The van der Waals surface area contributed by atoms with Crippen molar-refractivity contribution in [3.63, 3.8) is 0 Å². The van der Waals surface area contributed by atoms with Crippen LogP contribution in [0.25, 0.3) is 11.1 Å². The maximum Gasteiger partial charge on any atom is 0.407 e. The third kappa shape index (κ3) is 4.70. The Morgan fingerprint density at radius 3 is 1.78 bits per heavy atom. The van der Waals surface area contributed by atoms with E-state index >= 15 is 0 Å². The number of anilines is 1. The Bertz CT molecular complexity index is 770. The summed E-state index contributed by atoms with van der Waals surface area (Å²) in [4.78, 5) is 0. The molecule has 0 heterocycles. The molecule has 2 rings (SSSR count). The number of sulfonamides is 1. The van der Waals surface area contributed by atoms with Gasteiger partial charge in [0.1, 0.15) is 6.04 Å². The van der Waals surface area contributed by atoms with E-state index in [1.54, 1.807) is 36.4 Å². The number of nitrogens with one attached hydrogen (secondary N) is 1. The van der Waals surface area contributed by atoms with Gasteiger partial charge in [-0.05, 0) is 28.8 Å². The number of rotatable bonds is 4. The average Bonchev–Trinajstić information content (AvgIpc) is 2.45. The molecule has 0 fully saturated rings. The van der Waals surface area contributed by atoms with Crippen LogP contribution in [0, 0.1) is 0 Å². The predicted octanol–water partition coefficient (Wildman–Crippen LogP) is 3.29. The number of benzene rings is 2. The topological polar surface area (TPSA) is 72.2 Å². The van der Waals surface area contributed by atoms with Crippen molar-refractivity contribution in [1.82, 2.24) is 0 Å². The van der Waals surface area contributed by atoms with Crippen molar-refractivity contribution in [2.24, 2.45) is 5.73 Å². The van der Waals surface area contributed by atoms with Gasteiger partial charge in [-0.3, -0.25) is 4.72 Å². The molecule has 0 spiro atoms. The molecule has 4 nitrogen and oxygen atoms in total. The lowest BCUT2D eigenvalue weighted by atomic mass is 10.0. The summed E-state index contributed by atoms with van der Waals surface area (Å²) in [5, 5.41) is 0. The Labute approximate surface area is 132 Å². The molecular formula is C15H15F3N2O2S. The van der Waals surface area contributed by atoms with E-state index in [4.69, 9.17) is 5.73 Å². The second-order valence-corrected chi connectivity index (χ2v) is 6.84. The van der Waals surface area contributed by atoms with E-state index in [1.165, 1.54) is 12.1 Å². The Morgan fingerprint density at radius 2 is 1.39 bits per heavy atom. The quantitative estimate of drug-likeness (QED) is 0.894. The van der Waals surface area contributed by atoms with Gasteiger partial charge in [0.2, 0.25) is 10.0 Å². The summed E-state index contributed by atoms with van der Waals surface area (Å²) in [6.45, 7) is 0. The summed E-state index contributed by atoms with van der Waals surface area (Å²) < 4.78 is 62.2. The standard InChI is InChI=1S/C15H15F3N2O2S/c1-23(21,22)20-13-8-6-11(7-9-13)10-2-4-12(5-3-10)14(19)15(16,17)18/h2-9,14,20H,19H2,1H3/t14-/m0/s1. The summed E-state index contributed by atoms with van der Waals surface area (Å²) in [5.74, 6) is 0. The molecule has 0 unspecified atom stereocenters. The monoisotopic (exact) mass is 344 g/mol. The van der Waals surface area contributed by atoms with Crippen molar-refractivity contribution in [1.29, 1.82) is 0 Å². The van der Waals surface area contributed by atoms with Crippen LogP contribution in [0.5, 0.6) is 0 Å².